The van der Waals surface area contributed by atoms with Gasteiger partial charge in [0.2, 0.25) is 0 Å². The topological polar surface area (TPSA) is 64.6 Å². The van der Waals surface area contributed by atoms with Crippen LogP contribution in [-0.2, 0) is 25.7 Å². The summed E-state index contributed by atoms with van der Waals surface area (Å²) >= 11 is 0. The first-order chi connectivity index (χ1) is 15.1. The first-order valence-electron chi connectivity index (χ1n) is 12.3. The molecule has 1 aliphatic rings. The molecular formula is C26H41NO4. The van der Waals surface area contributed by atoms with Crippen molar-refractivity contribution >= 4 is 11.9 Å². The van der Waals surface area contributed by atoms with E-state index in [1.54, 1.807) is 6.92 Å². The smallest absolute Gasteiger partial charge is 0.323 e. The van der Waals surface area contributed by atoms with Gasteiger partial charge in [-0.1, -0.05) is 95.0 Å². The fraction of sp³-hybridized carbons (Fsp3) is 0.692. The first kappa shape index (κ1) is 25.4. The Hall–Kier alpha value is -1.88. The normalized spacial score (nSPS) is 19.2. The molecule has 0 aliphatic carbocycles. The Morgan fingerprint density at radius 2 is 1.65 bits per heavy atom. The van der Waals surface area contributed by atoms with Crippen molar-refractivity contribution in [2.75, 3.05) is 0 Å². The Bertz CT molecular complexity index is 634. The zero-order chi connectivity index (χ0) is 22.3. The number of carbonyl (C=O) groups is 2. The maximum atomic E-state index is 12.2. The van der Waals surface area contributed by atoms with E-state index in [0.717, 1.165) is 18.4 Å². The Kier molecular flexibility index (Phi) is 12.3. The largest absolute Gasteiger partial charge is 0.461 e. The van der Waals surface area contributed by atoms with Gasteiger partial charge in [-0.25, -0.2) is 0 Å². The summed E-state index contributed by atoms with van der Waals surface area (Å²) in [7, 11) is 0. The Morgan fingerprint density at radius 3 is 2.29 bits per heavy atom. The van der Waals surface area contributed by atoms with E-state index in [4.69, 9.17) is 9.47 Å². The van der Waals surface area contributed by atoms with Crippen molar-refractivity contribution in [3.05, 3.63) is 35.9 Å². The molecule has 0 aromatic heterocycles. The lowest BCUT2D eigenvalue weighted by molar-refractivity contribution is -0.148. The fourth-order valence-corrected chi connectivity index (χ4v) is 4.05. The van der Waals surface area contributed by atoms with Gasteiger partial charge in [-0.2, -0.15) is 0 Å². The van der Waals surface area contributed by atoms with E-state index in [9.17, 15) is 9.59 Å². The van der Waals surface area contributed by atoms with E-state index in [1.165, 1.54) is 57.8 Å². The fourth-order valence-electron chi connectivity index (χ4n) is 4.05. The number of ether oxygens (including phenoxy) is 2. The summed E-state index contributed by atoms with van der Waals surface area (Å²) in [4.78, 5) is 24.4. The highest BCUT2D eigenvalue weighted by atomic mass is 16.6. The quantitative estimate of drug-likeness (QED) is 0.268. The number of esters is 2. The standard InChI is InChI=1S/C26H41NO4/c1-3-4-5-6-7-8-9-10-11-15-18-23-19-24(26(29)31-23)27-21(2)25(28)30-20-22-16-13-12-14-17-22/h12-14,16-17,21,23-24,27H,3-11,15,18-20H2,1-2H3/t21-,23?,24?/m0/s1. The van der Waals surface area contributed by atoms with Gasteiger partial charge in [-0.15, -0.1) is 0 Å². The van der Waals surface area contributed by atoms with E-state index in [2.05, 4.69) is 12.2 Å². The maximum absolute atomic E-state index is 12.2. The van der Waals surface area contributed by atoms with Gasteiger partial charge in [0.15, 0.2) is 0 Å². The minimum Gasteiger partial charge on any atom is -0.461 e. The lowest BCUT2D eigenvalue weighted by Crippen LogP contribution is -2.44. The van der Waals surface area contributed by atoms with Crippen molar-refractivity contribution in [3.63, 3.8) is 0 Å². The van der Waals surface area contributed by atoms with Crippen molar-refractivity contribution in [3.8, 4) is 0 Å². The maximum Gasteiger partial charge on any atom is 0.323 e. The summed E-state index contributed by atoms with van der Waals surface area (Å²) in [6, 6.07) is 8.61. The molecule has 1 saturated heterocycles. The van der Waals surface area contributed by atoms with Crippen LogP contribution in [0.25, 0.3) is 0 Å². The second-order valence-electron chi connectivity index (χ2n) is 8.80. The number of carbonyl (C=O) groups excluding carboxylic acids is 2. The number of nitrogens with one attached hydrogen (secondary N) is 1. The first-order valence-corrected chi connectivity index (χ1v) is 12.3. The van der Waals surface area contributed by atoms with Crippen molar-refractivity contribution < 1.29 is 19.1 Å². The molecule has 1 heterocycles. The van der Waals surface area contributed by atoms with Crippen LogP contribution >= 0.6 is 0 Å². The molecular weight excluding hydrogens is 390 g/mol. The van der Waals surface area contributed by atoms with Gasteiger partial charge in [-0.05, 0) is 25.3 Å². The van der Waals surface area contributed by atoms with Crippen molar-refractivity contribution in [1.29, 1.82) is 0 Å². The SMILES string of the molecule is CCCCCCCCCCCCC1CC(N[C@@H](C)C(=O)OCc2ccccc2)C(=O)O1. The van der Waals surface area contributed by atoms with Crippen molar-refractivity contribution in [2.24, 2.45) is 0 Å². The average molecular weight is 432 g/mol. The number of rotatable bonds is 16. The lowest BCUT2D eigenvalue weighted by atomic mass is 10.0. The summed E-state index contributed by atoms with van der Waals surface area (Å²) in [5.41, 5.74) is 0.944. The van der Waals surface area contributed by atoms with Gasteiger partial charge in [0.05, 0.1) is 0 Å². The predicted molar refractivity (Wildman–Crippen MR) is 124 cm³/mol. The number of cyclic esters (lactones) is 1. The molecule has 1 aliphatic heterocycles. The molecule has 3 atom stereocenters. The zero-order valence-corrected chi connectivity index (χ0v) is 19.4. The molecule has 1 N–H and O–H groups in total. The molecule has 1 aromatic rings. The van der Waals surface area contributed by atoms with Crippen LogP contribution in [-0.4, -0.2) is 30.1 Å². The summed E-state index contributed by atoms with van der Waals surface area (Å²) < 4.78 is 10.9. The van der Waals surface area contributed by atoms with Crippen LogP contribution in [0.4, 0.5) is 0 Å². The summed E-state index contributed by atoms with van der Waals surface area (Å²) in [6.45, 7) is 4.22. The van der Waals surface area contributed by atoms with Crippen molar-refractivity contribution in [2.45, 2.75) is 116 Å². The van der Waals surface area contributed by atoms with Crippen LogP contribution < -0.4 is 5.32 Å². The van der Waals surface area contributed by atoms with E-state index in [-0.39, 0.29) is 24.6 Å². The number of hydrogen-bond acceptors (Lipinski definition) is 5. The molecule has 31 heavy (non-hydrogen) atoms. The molecule has 5 nitrogen and oxygen atoms in total. The predicted octanol–water partition coefficient (Wildman–Crippen LogP) is 5.70. The highest BCUT2D eigenvalue weighted by Crippen LogP contribution is 2.21. The number of hydrogen-bond donors (Lipinski definition) is 1. The van der Waals surface area contributed by atoms with Crippen LogP contribution in [0.2, 0.25) is 0 Å². The van der Waals surface area contributed by atoms with E-state index in [0.29, 0.717) is 6.42 Å². The van der Waals surface area contributed by atoms with Gasteiger partial charge in [0.25, 0.3) is 0 Å². The molecule has 2 rings (SSSR count). The zero-order valence-electron chi connectivity index (χ0n) is 19.4. The molecule has 2 unspecified atom stereocenters. The number of unbranched alkanes of at least 4 members (excludes halogenated alkanes) is 9. The van der Waals surface area contributed by atoms with Gasteiger partial charge in [-0.3, -0.25) is 14.9 Å². The van der Waals surface area contributed by atoms with Crippen LogP contribution in [0.5, 0.6) is 0 Å². The third kappa shape index (κ3) is 10.3. The highest BCUT2D eigenvalue weighted by Gasteiger charge is 2.35. The van der Waals surface area contributed by atoms with Crippen LogP contribution in [0.15, 0.2) is 30.3 Å². The second-order valence-corrected chi connectivity index (χ2v) is 8.80. The second kappa shape index (κ2) is 15.0. The Labute approximate surface area is 188 Å². The van der Waals surface area contributed by atoms with Crippen LogP contribution in [0.1, 0.15) is 96.5 Å². The van der Waals surface area contributed by atoms with Gasteiger partial charge >= 0.3 is 11.9 Å². The molecule has 0 radical (unpaired) electrons. The third-order valence-electron chi connectivity index (χ3n) is 5.97. The van der Waals surface area contributed by atoms with Crippen molar-refractivity contribution in [1.82, 2.24) is 5.32 Å². The molecule has 0 bridgehead atoms. The highest BCUT2D eigenvalue weighted by molar-refractivity contribution is 5.80. The minimum atomic E-state index is -0.544. The average Bonchev–Trinajstić information content (AvgIpc) is 3.12. The van der Waals surface area contributed by atoms with E-state index in [1.807, 2.05) is 30.3 Å². The third-order valence-corrected chi connectivity index (χ3v) is 5.97. The van der Waals surface area contributed by atoms with Gasteiger partial charge in [0, 0.05) is 6.42 Å². The molecule has 5 heteroatoms. The van der Waals surface area contributed by atoms with Crippen LogP contribution in [0.3, 0.4) is 0 Å². The molecule has 0 amide bonds. The molecule has 174 valence electrons. The minimum absolute atomic E-state index is 0.0356. The molecule has 0 saturated carbocycles. The summed E-state index contributed by atoms with van der Waals surface area (Å²) in [5, 5.41) is 3.08. The Balaban J connectivity index is 1.54. The Morgan fingerprint density at radius 1 is 1.03 bits per heavy atom. The summed E-state index contributed by atoms with van der Waals surface area (Å²) in [5.74, 6) is -0.602. The van der Waals surface area contributed by atoms with Gasteiger partial charge < -0.3 is 9.47 Å². The number of benzene rings is 1. The molecule has 0 spiro atoms. The molecule has 1 aromatic carbocycles. The van der Waals surface area contributed by atoms with Gasteiger partial charge in [0.1, 0.15) is 24.8 Å². The van der Waals surface area contributed by atoms with E-state index < -0.39 is 12.1 Å². The summed E-state index contributed by atoms with van der Waals surface area (Å²) in [6.07, 6.45) is 14.5. The van der Waals surface area contributed by atoms with Crippen LogP contribution in [0, 0.1) is 0 Å². The monoisotopic (exact) mass is 431 g/mol. The van der Waals surface area contributed by atoms with E-state index >= 15 is 0 Å². The lowest BCUT2D eigenvalue weighted by Gasteiger charge is -2.16. The molecule has 1 fully saturated rings.